The summed E-state index contributed by atoms with van der Waals surface area (Å²) in [4.78, 5) is 11.1. The van der Waals surface area contributed by atoms with Gasteiger partial charge in [0, 0.05) is 18.2 Å². The highest BCUT2D eigenvalue weighted by Crippen LogP contribution is 2.30. The number of hydrogen-bond donors (Lipinski definition) is 2. The Balaban J connectivity index is 1.99. The fourth-order valence-electron chi connectivity index (χ4n) is 2.89. The lowest BCUT2D eigenvalue weighted by Crippen LogP contribution is -2.35. The van der Waals surface area contributed by atoms with Crippen LogP contribution in [0.5, 0.6) is 0 Å². The molecule has 110 valence electrons. The van der Waals surface area contributed by atoms with E-state index in [-0.39, 0.29) is 12.6 Å². The van der Waals surface area contributed by atoms with Gasteiger partial charge in [-0.15, -0.1) is 0 Å². The molecule has 0 aliphatic carbocycles. The molecule has 1 fully saturated rings. The quantitative estimate of drug-likeness (QED) is 0.901. The van der Waals surface area contributed by atoms with Crippen LogP contribution in [0.15, 0.2) is 36.4 Å². The summed E-state index contributed by atoms with van der Waals surface area (Å²) >= 11 is 0. The van der Waals surface area contributed by atoms with E-state index in [1.165, 1.54) is 0 Å². The van der Waals surface area contributed by atoms with Crippen LogP contribution in [0, 0.1) is 5.92 Å². The number of nitrogens with two attached hydrogens (primary N) is 1. The van der Waals surface area contributed by atoms with Crippen LogP contribution < -0.4 is 10.6 Å². The summed E-state index contributed by atoms with van der Waals surface area (Å²) in [5.41, 5.74) is 6.89. The van der Waals surface area contributed by atoms with E-state index in [1.54, 1.807) is 6.07 Å². The third kappa shape index (κ3) is 2.69. The van der Waals surface area contributed by atoms with E-state index in [2.05, 4.69) is 21.8 Å². The molecule has 2 heterocycles. The Labute approximate surface area is 124 Å². The van der Waals surface area contributed by atoms with E-state index in [0.717, 1.165) is 24.3 Å². The van der Waals surface area contributed by atoms with Gasteiger partial charge in [-0.2, -0.15) is 0 Å². The molecule has 1 aromatic heterocycles. The van der Waals surface area contributed by atoms with Crippen LogP contribution in [0.25, 0.3) is 11.4 Å². The van der Waals surface area contributed by atoms with Gasteiger partial charge in [-0.05, 0) is 12.3 Å². The topological polar surface area (TPSA) is 75.3 Å². The smallest absolute Gasteiger partial charge is 0.163 e. The number of nitrogens with zero attached hydrogens (tertiary/aromatic N) is 3. The summed E-state index contributed by atoms with van der Waals surface area (Å²) < 4.78 is 0. The first-order valence-corrected chi connectivity index (χ1v) is 7.26. The zero-order valence-corrected chi connectivity index (χ0v) is 12.1. The van der Waals surface area contributed by atoms with Gasteiger partial charge in [0.05, 0.1) is 12.6 Å². The van der Waals surface area contributed by atoms with Gasteiger partial charge in [-0.3, -0.25) is 0 Å². The fraction of sp³-hybridized carbons (Fsp3) is 0.375. The van der Waals surface area contributed by atoms with Crippen molar-refractivity contribution in [1.82, 2.24) is 9.97 Å². The summed E-state index contributed by atoms with van der Waals surface area (Å²) in [7, 11) is 0. The first-order valence-electron chi connectivity index (χ1n) is 7.26. The molecule has 0 spiro atoms. The Morgan fingerprint density at radius 1 is 1.29 bits per heavy atom. The molecule has 2 atom stereocenters. The molecule has 3 rings (SSSR count). The SMILES string of the molecule is CC1CCN(c2cc(N)nc(-c3ccccc3)n2)C1CO. The third-order valence-corrected chi connectivity index (χ3v) is 4.13. The van der Waals surface area contributed by atoms with E-state index < -0.39 is 0 Å². The van der Waals surface area contributed by atoms with Gasteiger partial charge in [-0.1, -0.05) is 37.3 Å². The molecule has 0 amide bonds. The van der Waals surface area contributed by atoms with Crippen LogP contribution in [0.2, 0.25) is 0 Å². The van der Waals surface area contributed by atoms with Crippen LogP contribution >= 0.6 is 0 Å². The summed E-state index contributed by atoms with van der Waals surface area (Å²) in [5.74, 6) is 2.33. The van der Waals surface area contributed by atoms with E-state index in [9.17, 15) is 5.11 Å². The number of benzene rings is 1. The first-order chi connectivity index (χ1) is 10.2. The zero-order valence-electron chi connectivity index (χ0n) is 12.1. The first kappa shape index (κ1) is 13.8. The second-order valence-electron chi connectivity index (χ2n) is 5.55. The van der Waals surface area contributed by atoms with Crippen molar-refractivity contribution in [3.63, 3.8) is 0 Å². The summed E-state index contributed by atoms with van der Waals surface area (Å²) in [6, 6.07) is 11.7. The third-order valence-electron chi connectivity index (χ3n) is 4.13. The highest BCUT2D eigenvalue weighted by molar-refractivity contribution is 5.61. The summed E-state index contributed by atoms with van der Waals surface area (Å²) in [5, 5.41) is 9.61. The Hall–Kier alpha value is -2.14. The molecule has 21 heavy (non-hydrogen) atoms. The number of rotatable bonds is 3. The van der Waals surface area contributed by atoms with Crippen LogP contribution in [0.3, 0.4) is 0 Å². The molecule has 0 saturated carbocycles. The second kappa shape index (κ2) is 5.69. The molecule has 5 nitrogen and oxygen atoms in total. The number of hydrogen-bond acceptors (Lipinski definition) is 5. The Bertz CT molecular complexity index is 617. The highest BCUT2D eigenvalue weighted by Gasteiger charge is 2.31. The number of aliphatic hydroxyl groups excluding tert-OH is 1. The molecule has 1 aliphatic rings. The minimum atomic E-state index is 0.0999. The fourth-order valence-corrected chi connectivity index (χ4v) is 2.89. The van der Waals surface area contributed by atoms with Gasteiger partial charge in [-0.25, -0.2) is 9.97 Å². The number of nitrogen functional groups attached to an aromatic ring is 1. The van der Waals surface area contributed by atoms with Crippen LogP contribution in [0.1, 0.15) is 13.3 Å². The maximum Gasteiger partial charge on any atom is 0.163 e. The molecule has 0 bridgehead atoms. The monoisotopic (exact) mass is 284 g/mol. The lowest BCUT2D eigenvalue weighted by atomic mass is 10.0. The standard InChI is InChI=1S/C16H20N4O/c1-11-7-8-20(13(11)10-21)15-9-14(17)18-16(19-15)12-5-3-2-4-6-12/h2-6,9,11,13,21H,7-8,10H2,1H3,(H2,17,18,19). The van der Waals surface area contributed by atoms with E-state index >= 15 is 0 Å². The number of aliphatic hydroxyl groups is 1. The Morgan fingerprint density at radius 3 is 2.76 bits per heavy atom. The van der Waals surface area contributed by atoms with Gasteiger partial charge in [0.25, 0.3) is 0 Å². The van der Waals surface area contributed by atoms with Crippen molar-refractivity contribution < 1.29 is 5.11 Å². The molecule has 1 aromatic carbocycles. The molecule has 3 N–H and O–H groups in total. The van der Waals surface area contributed by atoms with E-state index in [0.29, 0.717) is 17.6 Å². The predicted molar refractivity (Wildman–Crippen MR) is 83.9 cm³/mol. The zero-order chi connectivity index (χ0) is 14.8. The Kier molecular flexibility index (Phi) is 3.75. The van der Waals surface area contributed by atoms with Gasteiger partial charge in [0.1, 0.15) is 11.6 Å². The molecule has 0 radical (unpaired) electrons. The van der Waals surface area contributed by atoms with Crippen molar-refractivity contribution >= 4 is 11.6 Å². The number of anilines is 2. The summed E-state index contributed by atoms with van der Waals surface area (Å²) in [6.45, 7) is 3.17. The highest BCUT2D eigenvalue weighted by atomic mass is 16.3. The molecule has 2 unspecified atom stereocenters. The van der Waals surface area contributed by atoms with Crippen LogP contribution in [-0.2, 0) is 0 Å². The molecular formula is C16H20N4O. The molecule has 1 saturated heterocycles. The molecular weight excluding hydrogens is 264 g/mol. The van der Waals surface area contributed by atoms with Gasteiger partial charge in [0.2, 0.25) is 0 Å². The van der Waals surface area contributed by atoms with E-state index in [1.807, 2.05) is 30.3 Å². The molecule has 5 heteroatoms. The minimum absolute atomic E-state index is 0.0999. The van der Waals surface area contributed by atoms with Crippen molar-refractivity contribution in [2.45, 2.75) is 19.4 Å². The van der Waals surface area contributed by atoms with Crippen molar-refractivity contribution in [3.8, 4) is 11.4 Å². The maximum atomic E-state index is 9.61. The maximum absolute atomic E-state index is 9.61. The predicted octanol–water partition coefficient (Wildman–Crippen LogP) is 1.93. The normalized spacial score (nSPS) is 21.7. The van der Waals surface area contributed by atoms with Crippen molar-refractivity contribution in [3.05, 3.63) is 36.4 Å². The van der Waals surface area contributed by atoms with Gasteiger partial charge in [0.15, 0.2) is 5.82 Å². The van der Waals surface area contributed by atoms with Crippen molar-refractivity contribution in [1.29, 1.82) is 0 Å². The molecule has 2 aromatic rings. The molecule has 1 aliphatic heterocycles. The lowest BCUT2D eigenvalue weighted by Gasteiger charge is -2.26. The van der Waals surface area contributed by atoms with Crippen LogP contribution in [0.4, 0.5) is 11.6 Å². The van der Waals surface area contributed by atoms with Gasteiger partial charge < -0.3 is 15.7 Å². The van der Waals surface area contributed by atoms with Crippen molar-refractivity contribution in [2.24, 2.45) is 5.92 Å². The lowest BCUT2D eigenvalue weighted by molar-refractivity contribution is 0.244. The van der Waals surface area contributed by atoms with Crippen LogP contribution in [-0.4, -0.2) is 34.3 Å². The minimum Gasteiger partial charge on any atom is -0.394 e. The largest absolute Gasteiger partial charge is 0.394 e. The second-order valence-corrected chi connectivity index (χ2v) is 5.55. The van der Waals surface area contributed by atoms with Gasteiger partial charge >= 0.3 is 0 Å². The van der Waals surface area contributed by atoms with E-state index in [4.69, 9.17) is 5.73 Å². The summed E-state index contributed by atoms with van der Waals surface area (Å²) in [6.07, 6.45) is 1.05. The average molecular weight is 284 g/mol. The van der Waals surface area contributed by atoms with Crippen molar-refractivity contribution in [2.75, 3.05) is 23.8 Å². The number of aromatic nitrogens is 2. The average Bonchev–Trinajstić information content (AvgIpc) is 2.88. The Morgan fingerprint density at radius 2 is 2.05 bits per heavy atom.